The van der Waals surface area contributed by atoms with E-state index in [1.807, 2.05) is 0 Å². The fraction of sp³-hybridized carbons (Fsp3) is 0.542. The molecule has 2 saturated heterocycles. The van der Waals surface area contributed by atoms with E-state index < -0.39 is 61.0 Å². The molecule has 0 saturated carbocycles. The summed E-state index contributed by atoms with van der Waals surface area (Å²) in [6.07, 6.45) is -1.50. The SMILES string of the molecule is CC(C)(C)[Si](C)(C)OCC[C@@]12C=C[C@H](O1)[C@H]1C(=O)N(c3ccc(C#N)c(C(F)(F)F)c3)C(=O)[C@H]12. The maximum absolute atomic E-state index is 13.5. The van der Waals surface area contributed by atoms with E-state index in [9.17, 15) is 22.8 Å². The lowest BCUT2D eigenvalue weighted by Crippen LogP contribution is -2.44. The van der Waals surface area contributed by atoms with Crippen molar-refractivity contribution in [1.82, 2.24) is 0 Å². The number of alkyl halides is 3. The molecule has 10 heteroatoms. The van der Waals surface area contributed by atoms with E-state index in [4.69, 9.17) is 14.4 Å². The molecule has 0 radical (unpaired) electrons. The minimum atomic E-state index is -4.80. The molecule has 4 rings (SSSR count). The van der Waals surface area contributed by atoms with Crippen LogP contribution in [0.15, 0.2) is 30.4 Å². The van der Waals surface area contributed by atoms with Crippen LogP contribution < -0.4 is 4.90 Å². The van der Waals surface area contributed by atoms with Gasteiger partial charge in [-0.15, -0.1) is 0 Å². The molecule has 0 aliphatic carbocycles. The molecule has 0 spiro atoms. The second-order valence-corrected chi connectivity index (χ2v) is 15.4. The van der Waals surface area contributed by atoms with Gasteiger partial charge in [-0.3, -0.25) is 9.59 Å². The van der Waals surface area contributed by atoms with Crippen molar-refractivity contribution in [1.29, 1.82) is 5.26 Å². The molecule has 1 aromatic carbocycles. The number of halogens is 3. The molecule has 0 N–H and O–H groups in total. The van der Waals surface area contributed by atoms with Crippen LogP contribution in [0.3, 0.4) is 0 Å². The largest absolute Gasteiger partial charge is 0.417 e. The first-order valence-electron chi connectivity index (χ1n) is 11.1. The van der Waals surface area contributed by atoms with E-state index in [1.54, 1.807) is 12.2 Å². The van der Waals surface area contributed by atoms with Crippen LogP contribution >= 0.6 is 0 Å². The third-order valence-corrected chi connectivity index (χ3v) is 12.1. The second-order valence-electron chi connectivity index (χ2n) is 10.6. The number of rotatable bonds is 5. The average molecular weight is 493 g/mol. The fourth-order valence-electron chi connectivity index (χ4n) is 4.73. The Morgan fingerprint density at radius 2 is 1.88 bits per heavy atom. The molecular formula is C24H27F3N2O4Si. The van der Waals surface area contributed by atoms with Gasteiger partial charge in [0.15, 0.2) is 8.32 Å². The van der Waals surface area contributed by atoms with Crippen LogP contribution in [0.4, 0.5) is 18.9 Å². The van der Waals surface area contributed by atoms with Crippen LogP contribution in [0.1, 0.15) is 38.3 Å². The number of benzene rings is 1. The quantitative estimate of drug-likeness (QED) is 0.335. The number of ether oxygens (including phenoxy) is 1. The summed E-state index contributed by atoms with van der Waals surface area (Å²) in [5, 5.41) is 9.04. The molecular weight excluding hydrogens is 465 g/mol. The van der Waals surface area contributed by atoms with Crippen LogP contribution in [0.5, 0.6) is 0 Å². The number of amides is 2. The molecule has 182 valence electrons. The lowest BCUT2D eigenvalue weighted by molar-refractivity contribution is -0.138. The summed E-state index contributed by atoms with van der Waals surface area (Å²) in [6, 6.07) is 4.39. The summed E-state index contributed by atoms with van der Waals surface area (Å²) < 4.78 is 52.7. The Bertz CT molecular complexity index is 1120. The summed E-state index contributed by atoms with van der Waals surface area (Å²) in [7, 11) is -2.05. The number of nitriles is 1. The summed E-state index contributed by atoms with van der Waals surface area (Å²) in [5.74, 6) is -2.81. The number of fused-ring (bicyclic) bond motifs is 5. The highest BCUT2D eigenvalue weighted by Gasteiger charge is 2.67. The van der Waals surface area contributed by atoms with Crippen molar-refractivity contribution in [2.75, 3.05) is 11.5 Å². The fourth-order valence-corrected chi connectivity index (χ4v) is 5.78. The highest BCUT2D eigenvalue weighted by atomic mass is 28.4. The van der Waals surface area contributed by atoms with Crippen molar-refractivity contribution < 1.29 is 31.9 Å². The Balaban J connectivity index is 1.61. The Labute approximate surface area is 197 Å². The summed E-state index contributed by atoms with van der Waals surface area (Å²) in [4.78, 5) is 27.5. The first kappa shape index (κ1) is 24.6. The number of carbonyl (C=O) groups excluding carboxylic acids is 2. The third kappa shape index (κ3) is 3.70. The molecule has 2 amide bonds. The molecule has 3 heterocycles. The van der Waals surface area contributed by atoms with Gasteiger partial charge in [-0.1, -0.05) is 32.9 Å². The molecule has 2 bridgehead atoms. The zero-order valence-electron chi connectivity index (χ0n) is 19.7. The van der Waals surface area contributed by atoms with Gasteiger partial charge in [-0.05, 0) is 36.3 Å². The minimum Gasteiger partial charge on any atom is -0.417 e. The molecule has 34 heavy (non-hydrogen) atoms. The predicted octanol–water partition coefficient (Wildman–Crippen LogP) is 4.80. The standard InChI is InChI=1S/C24H27F3N2O4Si/c1-22(2,3)34(4,5)32-11-10-23-9-8-17(33-23)18-19(23)21(31)29(20(18)30)15-7-6-14(13-28)16(12-15)24(25,26)27/h6-9,12,17-19H,10-11H2,1-5H3/t17-,18+,19-,23+/m0/s1. The Morgan fingerprint density at radius 3 is 2.47 bits per heavy atom. The Kier molecular flexibility index (Phi) is 5.63. The topological polar surface area (TPSA) is 79.6 Å². The monoisotopic (exact) mass is 492 g/mol. The van der Waals surface area contributed by atoms with Gasteiger partial charge in [0.2, 0.25) is 11.8 Å². The van der Waals surface area contributed by atoms with Crippen molar-refractivity contribution in [3.05, 3.63) is 41.5 Å². The van der Waals surface area contributed by atoms with Gasteiger partial charge in [0.05, 0.1) is 40.8 Å². The van der Waals surface area contributed by atoms with Crippen LogP contribution in [0.25, 0.3) is 0 Å². The Morgan fingerprint density at radius 1 is 1.21 bits per heavy atom. The van der Waals surface area contributed by atoms with Crippen molar-refractivity contribution in [3.8, 4) is 6.07 Å². The molecule has 4 atom stereocenters. The average Bonchev–Trinajstić information content (AvgIpc) is 3.36. The van der Waals surface area contributed by atoms with Crippen molar-refractivity contribution >= 4 is 25.8 Å². The van der Waals surface area contributed by atoms with Crippen molar-refractivity contribution in [2.45, 2.75) is 63.2 Å². The first-order valence-corrected chi connectivity index (χ1v) is 14.0. The number of nitrogens with zero attached hydrogens (tertiary/aromatic N) is 2. The van der Waals surface area contributed by atoms with E-state index in [0.29, 0.717) is 19.1 Å². The van der Waals surface area contributed by atoms with Gasteiger partial charge in [-0.25, -0.2) is 4.90 Å². The third-order valence-electron chi connectivity index (χ3n) is 7.60. The van der Waals surface area contributed by atoms with E-state index in [2.05, 4.69) is 33.9 Å². The van der Waals surface area contributed by atoms with E-state index in [1.165, 1.54) is 12.1 Å². The number of hydrogen-bond acceptors (Lipinski definition) is 5. The zero-order valence-corrected chi connectivity index (χ0v) is 20.7. The number of hydrogen-bond donors (Lipinski definition) is 0. The molecule has 3 aliphatic rings. The van der Waals surface area contributed by atoms with Crippen LogP contribution in [0.2, 0.25) is 18.1 Å². The van der Waals surface area contributed by atoms with Gasteiger partial charge in [-0.2, -0.15) is 18.4 Å². The molecule has 2 fully saturated rings. The maximum Gasteiger partial charge on any atom is 0.417 e. The van der Waals surface area contributed by atoms with Gasteiger partial charge < -0.3 is 9.16 Å². The highest BCUT2D eigenvalue weighted by Crippen LogP contribution is 2.54. The molecule has 0 aromatic heterocycles. The summed E-state index contributed by atoms with van der Waals surface area (Å²) in [6.45, 7) is 10.9. The first-order chi connectivity index (χ1) is 15.6. The van der Waals surface area contributed by atoms with E-state index in [0.717, 1.165) is 11.0 Å². The minimum absolute atomic E-state index is 0.000488. The van der Waals surface area contributed by atoms with E-state index >= 15 is 0 Å². The van der Waals surface area contributed by atoms with Crippen LogP contribution in [0, 0.1) is 23.2 Å². The lowest BCUT2D eigenvalue weighted by Gasteiger charge is -2.37. The van der Waals surface area contributed by atoms with Gasteiger partial charge in [0.1, 0.15) is 5.60 Å². The van der Waals surface area contributed by atoms with Crippen LogP contribution in [-0.2, 0) is 24.9 Å². The Hall–Kier alpha value is -2.48. The molecule has 0 unspecified atom stereocenters. The summed E-state index contributed by atoms with van der Waals surface area (Å²) >= 11 is 0. The smallest absolute Gasteiger partial charge is 0.417 e. The van der Waals surface area contributed by atoms with Crippen LogP contribution in [-0.4, -0.2) is 38.4 Å². The van der Waals surface area contributed by atoms with Gasteiger partial charge in [0.25, 0.3) is 0 Å². The zero-order chi connectivity index (χ0) is 25.3. The summed E-state index contributed by atoms with van der Waals surface area (Å²) in [5.41, 5.74) is -2.97. The normalized spacial score (nSPS) is 28.6. The van der Waals surface area contributed by atoms with Crippen molar-refractivity contribution in [2.24, 2.45) is 11.8 Å². The highest BCUT2D eigenvalue weighted by molar-refractivity contribution is 6.74. The number of anilines is 1. The molecule has 3 aliphatic heterocycles. The van der Waals surface area contributed by atoms with Gasteiger partial charge >= 0.3 is 6.18 Å². The predicted molar refractivity (Wildman–Crippen MR) is 120 cm³/mol. The van der Waals surface area contributed by atoms with E-state index in [-0.39, 0.29) is 10.7 Å². The molecule has 1 aromatic rings. The maximum atomic E-state index is 13.5. The van der Waals surface area contributed by atoms with Crippen molar-refractivity contribution in [3.63, 3.8) is 0 Å². The number of carbonyl (C=O) groups is 2. The second kappa shape index (κ2) is 7.76. The van der Waals surface area contributed by atoms with Gasteiger partial charge in [0, 0.05) is 13.0 Å². The lowest BCUT2D eigenvalue weighted by atomic mass is 9.75. The molecule has 6 nitrogen and oxygen atoms in total. The number of imide groups is 1.